The molecule has 20 heavy (non-hydrogen) atoms. The SMILES string of the molecule is CCOC(=O)OC(C)OC(=O)C(=O)N1CCN(C)CC1. The lowest BCUT2D eigenvalue weighted by atomic mass is 10.3. The fraction of sp³-hybridized carbons (Fsp3) is 0.750. The Labute approximate surface area is 117 Å². The monoisotopic (exact) mass is 288 g/mol. The molecule has 1 atom stereocenters. The molecule has 1 unspecified atom stereocenters. The third kappa shape index (κ3) is 5.04. The van der Waals surface area contributed by atoms with Crippen LogP contribution in [0.4, 0.5) is 4.79 Å². The highest BCUT2D eigenvalue weighted by atomic mass is 16.8. The summed E-state index contributed by atoms with van der Waals surface area (Å²) in [6, 6.07) is 0. The van der Waals surface area contributed by atoms with Crippen molar-refractivity contribution >= 4 is 18.0 Å². The number of nitrogens with zero attached hydrogens (tertiary/aromatic N) is 2. The summed E-state index contributed by atoms with van der Waals surface area (Å²) in [5.41, 5.74) is 0. The molecule has 0 spiro atoms. The maximum atomic E-state index is 11.8. The number of carbonyl (C=O) groups excluding carboxylic acids is 3. The van der Waals surface area contributed by atoms with Gasteiger partial charge in [0, 0.05) is 33.1 Å². The molecule has 1 fully saturated rings. The summed E-state index contributed by atoms with van der Waals surface area (Å²) in [4.78, 5) is 37.9. The zero-order chi connectivity index (χ0) is 15.1. The molecule has 0 aromatic rings. The maximum Gasteiger partial charge on any atom is 0.511 e. The molecule has 0 saturated carbocycles. The Bertz CT molecular complexity index is 365. The van der Waals surface area contributed by atoms with Crippen molar-refractivity contribution in [3.05, 3.63) is 0 Å². The van der Waals surface area contributed by atoms with Crippen LogP contribution in [0.15, 0.2) is 0 Å². The van der Waals surface area contributed by atoms with E-state index in [1.165, 1.54) is 11.8 Å². The molecule has 1 amide bonds. The summed E-state index contributed by atoms with van der Waals surface area (Å²) < 4.78 is 13.9. The molecule has 1 aliphatic heterocycles. The van der Waals surface area contributed by atoms with Crippen LogP contribution in [0.25, 0.3) is 0 Å². The normalized spacial score (nSPS) is 17.2. The molecule has 1 saturated heterocycles. The Kier molecular flexibility index (Phi) is 6.23. The largest absolute Gasteiger partial charge is 0.511 e. The molecule has 0 N–H and O–H groups in total. The average molecular weight is 288 g/mol. The summed E-state index contributed by atoms with van der Waals surface area (Å²) in [6.45, 7) is 5.46. The molecule has 0 aromatic carbocycles. The molecule has 8 nitrogen and oxygen atoms in total. The van der Waals surface area contributed by atoms with E-state index in [1.54, 1.807) is 6.92 Å². The van der Waals surface area contributed by atoms with Crippen LogP contribution in [-0.4, -0.2) is 74.0 Å². The summed E-state index contributed by atoms with van der Waals surface area (Å²) in [6.07, 6.45) is -2.11. The van der Waals surface area contributed by atoms with Gasteiger partial charge in [-0.05, 0) is 14.0 Å². The predicted molar refractivity (Wildman–Crippen MR) is 67.7 cm³/mol. The second-order valence-corrected chi connectivity index (χ2v) is 4.37. The highest BCUT2D eigenvalue weighted by molar-refractivity contribution is 6.32. The first kappa shape index (κ1) is 16.2. The highest BCUT2D eigenvalue weighted by Gasteiger charge is 2.28. The van der Waals surface area contributed by atoms with E-state index in [0.717, 1.165) is 0 Å². The van der Waals surface area contributed by atoms with Gasteiger partial charge in [0.25, 0.3) is 0 Å². The number of esters is 1. The van der Waals surface area contributed by atoms with E-state index in [9.17, 15) is 14.4 Å². The van der Waals surface area contributed by atoms with E-state index in [1.807, 2.05) is 7.05 Å². The minimum atomic E-state index is -1.17. The van der Waals surface area contributed by atoms with Gasteiger partial charge in [-0.2, -0.15) is 0 Å². The third-order valence-corrected chi connectivity index (χ3v) is 2.76. The van der Waals surface area contributed by atoms with Gasteiger partial charge in [-0.15, -0.1) is 0 Å². The van der Waals surface area contributed by atoms with Gasteiger partial charge in [0.1, 0.15) is 0 Å². The topological polar surface area (TPSA) is 85.4 Å². The molecule has 1 rings (SSSR count). The molecule has 8 heteroatoms. The van der Waals surface area contributed by atoms with Crippen molar-refractivity contribution in [2.24, 2.45) is 0 Å². The van der Waals surface area contributed by atoms with Gasteiger partial charge in [0.15, 0.2) is 0 Å². The van der Waals surface area contributed by atoms with E-state index >= 15 is 0 Å². The van der Waals surface area contributed by atoms with Gasteiger partial charge in [0.05, 0.1) is 6.61 Å². The fourth-order valence-corrected chi connectivity index (χ4v) is 1.65. The smallest absolute Gasteiger partial charge is 0.435 e. The Hall–Kier alpha value is -1.83. The summed E-state index contributed by atoms with van der Waals surface area (Å²) in [5.74, 6) is -1.76. The molecule has 1 heterocycles. The Morgan fingerprint density at radius 3 is 2.25 bits per heavy atom. The number of hydrogen-bond donors (Lipinski definition) is 0. The standard InChI is InChI=1S/C12H20N2O6/c1-4-18-12(17)20-9(2)19-11(16)10(15)14-7-5-13(3)6-8-14/h9H,4-8H2,1-3H3. The molecule has 0 aromatic heterocycles. The maximum absolute atomic E-state index is 11.8. The molecule has 114 valence electrons. The van der Waals surface area contributed by atoms with Crippen molar-refractivity contribution in [3.63, 3.8) is 0 Å². The van der Waals surface area contributed by atoms with Gasteiger partial charge in [0.2, 0.25) is 6.29 Å². The zero-order valence-corrected chi connectivity index (χ0v) is 12.0. The highest BCUT2D eigenvalue weighted by Crippen LogP contribution is 2.03. The number of amides is 1. The van der Waals surface area contributed by atoms with Gasteiger partial charge >= 0.3 is 18.0 Å². The summed E-state index contributed by atoms with van der Waals surface area (Å²) in [5, 5.41) is 0. The number of likely N-dealkylation sites (N-methyl/N-ethyl adjacent to an activating group) is 1. The van der Waals surface area contributed by atoms with Crippen LogP contribution in [0.2, 0.25) is 0 Å². The van der Waals surface area contributed by atoms with Crippen LogP contribution in [0, 0.1) is 0 Å². The summed E-state index contributed by atoms with van der Waals surface area (Å²) in [7, 11) is 1.94. The van der Waals surface area contributed by atoms with Crippen molar-refractivity contribution in [1.29, 1.82) is 0 Å². The van der Waals surface area contributed by atoms with Crippen molar-refractivity contribution < 1.29 is 28.6 Å². The fourth-order valence-electron chi connectivity index (χ4n) is 1.65. The first-order chi connectivity index (χ1) is 9.43. The van der Waals surface area contributed by atoms with Crippen LogP contribution in [-0.2, 0) is 23.8 Å². The second-order valence-electron chi connectivity index (χ2n) is 4.37. The Morgan fingerprint density at radius 1 is 1.10 bits per heavy atom. The number of hydrogen-bond acceptors (Lipinski definition) is 7. The van der Waals surface area contributed by atoms with Gasteiger partial charge in [-0.3, -0.25) is 4.79 Å². The predicted octanol–water partition coefficient (Wildman–Crippen LogP) is -0.177. The summed E-state index contributed by atoms with van der Waals surface area (Å²) >= 11 is 0. The Balaban J connectivity index is 2.37. The number of carbonyl (C=O) groups is 3. The number of rotatable bonds is 3. The van der Waals surface area contributed by atoms with E-state index in [-0.39, 0.29) is 6.61 Å². The van der Waals surface area contributed by atoms with Crippen molar-refractivity contribution in [2.75, 3.05) is 39.8 Å². The minimum absolute atomic E-state index is 0.153. The first-order valence-electron chi connectivity index (χ1n) is 6.46. The van der Waals surface area contributed by atoms with Crippen LogP contribution in [0.3, 0.4) is 0 Å². The van der Waals surface area contributed by atoms with Crippen LogP contribution in [0.1, 0.15) is 13.8 Å². The number of piperazine rings is 1. The molecule has 0 aliphatic carbocycles. The van der Waals surface area contributed by atoms with Crippen LogP contribution in [0.5, 0.6) is 0 Å². The lowest BCUT2D eigenvalue weighted by Crippen LogP contribution is -2.50. The third-order valence-electron chi connectivity index (χ3n) is 2.76. The molecular weight excluding hydrogens is 268 g/mol. The van der Waals surface area contributed by atoms with Crippen LogP contribution >= 0.6 is 0 Å². The first-order valence-corrected chi connectivity index (χ1v) is 6.46. The molecular formula is C12H20N2O6. The minimum Gasteiger partial charge on any atom is -0.435 e. The Morgan fingerprint density at radius 2 is 1.70 bits per heavy atom. The molecule has 0 radical (unpaired) electrons. The van der Waals surface area contributed by atoms with Crippen LogP contribution < -0.4 is 0 Å². The van der Waals surface area contributed by atoms with Gasteiger partial charge in [-0.25, -0.2) is 9.59 Å². The average Bonchev–Trinajstić information content (AvgIpc) is 2.38. The van der Waals surface area contributed by atoms with Crippen molar-refractivity contribution in [2.45, 2.75) is 20.1 Å². The van der Waals surface area contributed by atoms with E-state index in [0.29, 0.717) is 26.2 Å². The van der Waals surface area contributed by atoms with Gasteiger partial charge in [-0.1, -0.05) is 0 Å². The molecule has 0 bridgehead atoms. The van der Waals surface area contributed by atoms with E-state index in [2.05, 4.69) is 14.4 Å². The van der Waals surface area contributed by atoms with E-state index < -0.39 is 24.3 Å². The zero-order valence-electron chi connectivity index (χ0n) is 12.0. The lowest BCUT2D eigenvalue weighted by Gasteiger charge is -2.31. The van der Waals surface area contributed by atoms with Gasteiger partial charge < -0.3 is 24.0 Å². The number of ether oxygens (including phenoxy) is 3. The second kappa shape index (κ2) is 7.68. The quantitative estimate of drug-likeness (QED) is 0.404. The van der Waals surface area contributed by atoms with Crippen molar-refractivity contribution in [1.82, 2.24) is 9.80 Å². The lowest BCUT2D eigenvalue weighted by molar-refractivity contribution is -0.177. The van der Waals surface area contributed by atoms with Crippen molar-refractivity contribution in [3.8, 4) is 0 Å². The molecule has 1 aliphatic rings. The van der Waals surface area contributed by atoms with E-state index in [4.69, 9.17) is 4.74 Å².